The van der Waals surface area contributed by atoms with Gasteiger partial charge in [-0.25, -0.2) is 0 Å². The van der Waals surface area contributed by atoms with Gasteiger partial charge in [0.1, 0.15) is 0 Å². The maximum Gasteiger partial charge on any atom is 0.305 e. The largest absolute Gasteiger partial charge is 0.466 e. The van der Waals surface area contributed by atoms with Crippen molar-refractivity contribution >= 4 is 22.7 Å². The number of aromatic nitrogens is 1. The SMILES string of the molecule is CCCCC(CCCCC(=O)c1cn(CCCC(=O)OCC)c2ccccc12)c1ccc(CC(C)C)cc1. The molecule has 0 saturated heterocycles. The molecule has 1 atom stereocenters. The van der Waals surface area contributed by atoms with E-state index >= 15 is 0 Å². The van der Waals surface area contributed by atoms with Gasteiger partial charge < -0.3 is 9.30 Å². The van der Waals surface area contributed by atoms with Crippen molar-refractivity contribution in [3.8, 4) is 0 Å². The Bertz CT molecular complexity index is 1140. The maximum absolute atomic E-state index is 13.3. The number of esters is 1. The summed E-state index contributed by atoms with van der Waals surface area (Å²) in [6.45, 7) is 9.72. The zero-order valence-corrected chi connectivity index (χ0v) is 24.0. The van der Waals surface area contributed by atoms with Gasteiger partial charge in [-0.3, -0.25) is 9.59 Å². The van der Waals surface area contributed by atoms with Crippen molar-refractivity contribution in [2.75, 3.05) is 6.61 Å². The van der Waals surface area contributed by atoms with Crippen LogP contribution in [0.3, 0.4) is 0 Å². The number of fused-ring (bicyclic) bond motifs is 1. The molecule has 0 aliphatic carbocycles. The summed E-state index contributed by atoms with van der Waals surface area (Å²) in [5.41, 5.74) is 4.73. The summed E-state index contributed by atoms with van der Waals surface area (Å²) < 4.78 is 7.17. The first-order valence-corrected chi connectivity index (χ1v) is 14.8. The van der Waals surface area contributed by atoms with Crippen LogP contribution in [0.15, 0.2) is 54.7 Å². The second kappa shape index (κ2) is 15.5. The minimum Gasteiger partial charge on any atom is -0.466 e. The molecular formula is C34H47NO3. The fourth-order valence-corrected chi connectivity index (χ4v) is 5.42. The first-order valence-electron chi connectivity index (χ1n) is 14.8. The number of carbonyl (C=O) groups is 2. The van der Waals surface area contributed by atoms with Crippen molar-refractivity contribution in [1.29, 1.82) is 0 Å². The fraction of sp³-hybridized carbons (Fsp3) is 0.529. The molecule has 2 aromatic carbocycles. The van der Waals surface area contributed by atoms with Crippen LogP contribution in [-0.2, 0) is 22.5 Å². The Morgan fingerprint density at radius 3 is 2.32 bits per heavy atom. The van der Waals surface area contributed by atoms with Gasteiger partial charge in [-0.05, 0) is 68.1 Å². The van der Waals surface area contributed by atoms with Crippen LogP contribution in [0.2, 0.25) is 0 Å². The molecule has 1 heterocycles. The van der Waals surface area contributed by atoms with Gasteiger partial charge in [-0.2, -0.15) is 0 Å². The highest BCUT2D eigenvalue weighted by molar-refractivity contribution is 6.08. The molecule has 0 aliphatic heterocycles. The summed E-state index contributed by atoms with van der Waals surface area (Å²) in [6.07, 6.45) is 11.6. The molecule has 0 radical (unpaired) electrons. The predicted molar refractivity (Wildman–Crippen MR) is 158 cm³/mol. The van der Waals surface area contributed by atoms with E-state index in [1.54, 1.807) is 0 Å². The van der Waals surface area contributed by atoms with Crippen LogP contribution in [0, 0.1) is 5.92 Å². The molecule has 0 aliphatic rings. The number of para-hydroxylation sites is 1. The van der Waals surface area contributed by atoms with E-state index in [1.807, 2.05) is 31.3 Å². The van der Waals surface area contributed by atoms with Gasteiger partial charge in [0, 0.05) is 42.0 Å². The number of benzene rings is 2. The van der Waals surface area contributed by atoms with Gasteiger partial charge in [0.2, 0.25) is 0 Å². The lowest BCUT2D eigenvalue weighted by atomic mass is 9.87. The quantitative estimate of drug-likeness (QED) is 0.102. The highest BCUT2D eigenvalue weighted by Gasteiger charge is 2.16. The van der Waals surface area contributed by atoms with E-state index in [-0.39, 0.29) is 11.8 Å². The molecule has 38 heavy (non-hydrogen) atoms. The topological polar surface area (TPSA) is 48.3 Å². The standard InChI is InChI=1S/C34H47NO3/c1-5-7-13-28(29-21-19-27(20-22-29)24-26(3)4)14-8-11-17-33(36)31-25-35(23-12-18-34(37)38-6-2)32-16-10-9-15-30(31)32/h9-10,15-16,19-22,25-26,28H,5-8,11-14,17-18,23-24H2,1-4H3. The van der Waals surface area contributed by atoms with Crippen LogP contribution >= 0.6 is 0 Å². The molecular weight excluding hydrogens is 470 g/mol. The number of hydrogen-bond donors (Lipinski definition) is 0. The molecule has 1 aromatic heterocycles. The number of nitrogens with zero attached hydrogens (tertiary/aromatic N) is 1. The summed E-state index contributed by atoms with van der Waals surface area (Å²) in [5, 5.41) is 1.01. The van der Waals surface area contributed by atoms with Crippen molar-refractivity contribution in [3.05, 3.63) is 71.4 Å². The number of rotatable bonds is 17. The average Bonchev–Trinajstić information content (AvgIpc) is 3.27. The Morgan fingerprint density at radius 1 is 0.868 bits per heavy atom. The van der Waals surface area contributed by atoms with E-state index in [4.69, 9.17) is 4.74 Å². The van der Waals surface area contributed by atoms with Crippen LogP contribution < -0.4 is 0 Å². The lowest BCUT2D eigenvalue weighted by Gasteiger charge is -2.18. The highest BCUT2D eigenvalue weighted by atomic mass is 16.5. The monoisotopic (exact) mass is 517 g/mol. The minimum absolute atomic E-state index is 0.163. The molecule has 3 aromatic rings. The molecule has 4 nitrogen and oxygen atoms in total. The molecule has 0 amide bonds. The minimum atomic E-state index is -0.163. The third-order valence-electron chi connectivity index (χ3n) is 7.38. The summed E-state index contributed by atoms with van der Waals surface area (Å²) >= 11 is 0. The van der Waals surface area contributed by atoms with Crippen LogP contribution in [0.4, 0.5) is 0 Å². The Hall–Kier alpha value is -2.88. The van der Waals surface area contributed by atoms with E-state index < -0.39 is 0 Å². The van der Waals surface area contributed by atoms with E-state index in [1.165, 1.54) is 30.4 Å². The van der Waals surface area contributed by atoms with Crippen molar-refractivity contribution in [2.24, 2.45) is 5.92 Å². The lowest BCUT2D eigenvalue weighted by molar-refractivity contribution is -0.143. The van der Waals surface area contributed by atoms with Gasteiger partial charge in [0.25, 0.3) is 0 Å². The summed E-state index contributed by atoms with van der Waals surface area (Å²) in [6, 6.07) is 17.4. The maximum atomic E-state index is 13.3. The third kappa shape index (κ3) is 8.85. The molecule has 1 unspecified atom stereocenters. The second-order valence-electron chi connectivity index (χ2n) is 11.0. The van der Waals surface area contributed by atoms with E-state index in [9.17, 15) is 9.59 Å². The number of aryl methyl sites for hydroxylation is 1. The van der Waals surface area contributed by atoms with Crippen molar-refractivity contribution in [1.82, 2.24) is 4.57 Å². The summed E-state index contributed by atoms with van der Waals surface area (Å²) in [4.78, 5) is 25.0. The van der Waals surface area contributed by atoms with E-state index in [0.29, 0.717) is 44.2 Å². The first-order chi connectivity index (χ1) is 18.4. The normalized spacial score (nSPS) is 12.2. The van der Waals surface area contributed by atoms with Gasteiger partial charge in [0.15, 0.2) is 5.78 Å². The molecule has 0 spiro atoms. The summed E-state index contributed by atoms with van der Waals surface area (Å²) in [5.74, 6) is 1.30. The van der Waals surface area contributed by atoms with Crippen molar-refractivity contribution in [2.45, 2.75) is 104 Å². The number of hydrogen-bond acceptors (Lipinski definition) is 3. The third-order valence-corrected chi connectivity index (χ3v) is 7.38. The Labute approximate surface area is 229 Å². The molecule has 0 N–H and O–H groups in total. The van der Waals surface area contributed by atoms with Gasteiger partial charge in [0.05, 0.1) is 6.61 Å². The average molecular weight is 518 g/mol. The van der Waals surface area contributed by atoms with E-state index in [0.717, 1.165) is 42.1 Å². The van der Waals surface area contributed by atoms with Crippen molar-refractivity contribution < 1.29 is 14.3 Å². The second-order valence-corrected chi connectivity index (χ2v) is 11.0. The smallest absolute Gasteiger partial charge is 0.305 e. The zero-order chi connectivity index (χ0) is 27.3. The van der Waals surface area contributed by atoms with Gasteiger partial charge in [-0.1, -0.05) is 82.5 Å². The molecule has 0 saturated carbocycles. The van der Waals surface area contributed by atoms with Crippen molar-refractivity contribution in [3.63, 3.8) is 0 Å². The number of ketones is 1. The number of carbonyl (C=O) groups excluding carboxylic acids is 2. The zero-order valence-electron chi connectivity index (χ0n) is 24.0. The van der Waals surface area contributed by atoms with E-state index in [2.05, 4.69) is 55.7 Å². The number of unbranched alkanes of at least 4 members (excludes halogenated alkanes) is 2. The molecule has 0 fully saturated rings. The molecule has 206 valence electrons. The molecule has 0 bridgehead atoms. The van der Waals surface area contributed by atoms with Crippen LogP contribution in [-0.4, -0.2) is 22.9 Å². The predicted octanol–water partition coefficient (Wildman–Crippen LogP) is 8.90. The Balaban J connectivity index is 1.57. The molecule has 4 heteroatoms. The number of Topliss-reactive ketones (excluding diaryl/α,β-unsaturated/α-hetero) is 1. The summed E-state index contributed by atoms with van der Waals surface area (Å²) in [7, 11) is 0. The Kier molecular flexibility index (Phi) is 12.1. The van der Waals surface area contributed by atoms with Gasteiger partial charge in [-0.15, -0.1) is 0 Å². The van der Waals surface area contributed by atoms with Gasteiger partial charge >= 0.3 is 5.97 Å². The fourth-order valence-electron chi connectivity index (χ4n) is 5.42. The highest BCUT2D eigenvalue weighted by Crippen LogP contribution is 2.29. The van der Waals surface area contributed by atoms with Crippen LogP contribution in [0.1, 0.15) is 113 Å². The molecule has 3 rings (SSSR count). The van der Waals surface area contributed by atoms with Crippen LogP contribution in [0.25, 0.3) is 10.9 Å². The number of ether oxygens (including phenoxy) is 1. The first kappa shape index (κ1) is 29.7. The Morgan fingerprint density at radius 2 is 1.61 bits per heavy atom. The van der Waals surface area contributed by atoms with Crippen LogP contribution in [0.5, 0.6) is 0 Å². The lowest BCUT2D eigenvalue weighted by Crippen LogP contribution is -2.06.